The number of amides is 1. The molecule has 8 nitrogen and oxygen atoms in total. The van der Waals surface area contributed by atoms with Crippen LogP contribution in [0.1, 0.15) is 54.4 Å². The highest BCUT2D eigenvalue weighted by Gasteiger charge is 2.31. The number of hydrogen-bond donors (Lipinski definition) is 3. The van der Waals surface area contributed by atoms with Crippen LogP contribution in [-0.2, 0) is 4.74 Å². The van der Waals surface area contributed by atoms with Gasteiger partial charge in [0.1, 0.15) is 5.82 Å². The van der Waals surface area contributed by atoms with Gasteiger partial charge in [0.05, 0.1) is 24.9 Å². The summed E-state index contributed by atoms with van der Waals surface area (Å²) in [5.74, 6) is 1.19. The molecule has 1 amide bonds. The number of aromatic nitrogens is 1. The Labute approximate surface area is 220 Å². The number of hydrogen-bond acceptors (Lipinski definition) is 7. The Balaban J connectivity index is 1.20. The predicted molar refractivity (Wildman–Crippen MR) is 145 cm³/mol. The van der Waals surface area contributed by atoms with E-state index in [9.17, 15) is 9.90 Å². The molecule has 2 saturated heterocycles. The van der Waals surface area contributed by atoms with Crippen LogP contribution in [0, 0.1) is 5.92 Å². The van der Waals surface area contributed by atoms with E-state index in [1.807, 2.05) is 6.07 Å². The Kier molecular flexibility index (Phi) is 8.39. The van der Waals surface area contributed by atoms with Gasteiger partial charge in [0.15, 0.2) is 0 Å². The molecule has 5 rings (SSSR count). The van der Waals surface area contributed by atoms with Crippen LogP contribution in [0.4, 0.5) is 5.82 Å². The molecule has 3 aliphatic rings. The second kappa shape index (κ2) is 11.9. The van der Waals surface area contributed by atoms with E-state index in [1.54, 1.807) is 6.20 Å². The standard InChI is InChI=1S/C29H41N5O3/c1-20-18-34(11-10-33-12-14-37-15-13-33)19-27(20)22-4-2-21(3-5-22)23-16-26(28(30)31-17-23)29(36)32-24-6-8-25(35)9-7-24/h2-5,16-17,20,24-25,27,35H,6-15,18-19H2,1H3,(H2,30,31)(H,32,36)/t20-,24-,25-,27-/m1/s1. The van der Waals surface area contributed by atoms with E-state index in [1.165, 1.54) is 5.56 Å². The van der Waals surface area contributed by atoms with E-state index < -0.39 is 0 Å². The zero-order valence-electron chi connectivity index (χ0n) is 21.9. The minimum atomic E-state index is -0.253. The summed E-state index contributed by atoms with van der Waals surface area (Å²) in [7, 11) is 0. The number of aliphatic hydroxyl groups excluding tert-OH is 1. The van der Waals surface area contributed by atoms with Crippen LogP contribution in [0.25, 0.3) is 11.1 Å². The van der Waals surface area contributed by atoms with Crippen LogP contribution in [0.2, 0.25) is 0 Å². The summed E-state index contributed by atoms with van der Waals surface area (Å²) in [5, 5.41) is 12.8. The van der Waals surface area contributed by atoms with E-state index in [-0.39, 0.29) is 23.9 Å². The Morgan fingerprint density at radius 1 is 1.05 bits per heavy atom. The van der Waals surface area contributed by atoms with Crippen molar-refractivity contribution in [3.8, 4) is 11.1 Å². The number of likely N-dealkylation sites (tertiary alicyclic amines) is 1. The highest BCUT2D eigenvalue weighted by atomic mass is 16.5. The number of benzene rings is 1. The van der Waals surface area contributed by atoms with Crippen molar-refractivity contribution in [1.29, 1.82) is 0 Å². The fourth-order valence-electron chi connectivity index (χ4n) is 6.01. The van der Waals surface area contributed by atoms with Crippen molar-refractivity contribution in [1.82, 2.24) is 20.1 Å². The molecule has 37 heavy (non-hydrogen) atoms. The Morgan fingerprint density at radius 2 is 1.76 bits per heavy atom. The van der Waals surface area contributed by atoms with Crippen molar-refractivity contribution in [2.24, 2.45) is 5.92 Å². The molecule has 8 heteroatoms. The summed E-state index contributed by atoms with van der Waals surface area (Å²) in [6, 6.07) is 10.6. The third-order valence-electron chi connectivity index (χ3n) is 8.39. The van der Waals surface area contributed by atoms with Gasteiger partial charge in [0.25, 0.3) is 5.91 Å². The van der Waals surface area contributed by atoms with Crippen molar-refractivity contribution in [2.45, 2.75) is 50.7 Å². The molecule has 2 aliphatic heterocycles. The third-order valence-corrected chi connectivity index (χ3v) is 8.39. The number of nitrogens with one attached hydrogen (secondary N) is 1. The lowest BCUT2D eigenvalue weighted by atomic mass is 9.89. The summed E-state index contributed by atoms with van der Waals surface area (Å²) in [4.78, 5) is 22.4. The first kappa shape index (κ1) is 26.1. The summed E-state index contributed by atoms with van der Waals surface area (Å²) >= 11 is 0. The zero-order chi connectivity index (χ0) is 25.8. The molecular weight excluding hydrogens is 466 g/mol. The molecule has 0 radical (unpaired) electrons. The molecule has 1 saturated carbocycles. The van der Waals surface area contributed by atoms with Gasteiger partial charge in [-0.1, -0.05) is 31.2 Å². The number of nitrogens with two attached hydrogens (primary N) is 1. The van der Waals surface area contributed by atoms with E-state index in [0.717, 1.165) is 89.3 Å². The number of pyridine rings is 1. The van der Waals surface area contributed by atoms with Gasteiger partial charge in [-0.25, -0.2) is 4.98 Å². The second-order valence-electron chi connectivity index (χ2n) is 11.1. The van der Waals surface area contributed by atoms with Crippen molar-refractivity contribution in [3.05, 3.63) is 47.7 Å². The van der Waals surface area contributed by atoms with Gasteiger partial charge in [0.2, 0.25) is 0 Å². The number of ether oxygens (including phenoxy) is 1. The lowest BCUT2D eigenvalue weighted by molar-refractivity contribution is 0.0342. The largest absolute Gasteiger partial charge is 0.393 e. The van der Waals surface area contributed by atoms with Crippen LogP contribution in [0.3, 0.4) is 0 Å². The first-order valence-electron chi connectivity index (χ1n) is 13.8. The maximum atomic E-state index is 12.9. The van der Waals surface area contributed by atoms with Gasteiger partial charge in [-0.3, -0.25) is 9.69 Å². The van der Waals surface area contributed by atoms with Gasteiger partial charge in [-0.2, -0.15) is 0 Å². The first-order chi connectivity index (χ1) is 18.0. The van der Waals surface area contributed by atoms with Crippen LogP contribution in [0.5, 0.6) is 0 Å². The van der Waals surface area contributed by atoms with Gasteiger partial charge in [-0.05, 0) is 48.8 Å². The monoisotopic (exact) mass is 507 g/mol. The summed E-state index contributed by atoms with van der Waals surface area (Å²) in [5.41, 5.74) is 9.77. The SMILES string of the molecule is C[C@@H]1CN(CCN2CCOCC2)C[C@H]1c1ccc(-c2cnc(N)c(C(=O)N[C@H]3CC[C@H](O)CC3)c2)cc1. The topological polar surface area (TPSA) is 104 Å². The second-order valence-corrected chi connectivity index (χ2v) is 11.1. The minimum absolute atomic E-state index is 0.0695. The first-order valence-corrected chi connectivity index (χ1v) is 13.8. The number of morpholine rings is 1. The molecule has 200 valence electrons. The minimum Gasteiger partial charge on any atom is -0.393 e. The van der Waals surface area contributed by atoms with E-state index in [2.05, 4.69) is 51.3 Å². The number of nitrogens with zero attached hydrogens (tertiary/aromatic N) is 3. The molecule has 1 aromatic heterocycles. The molecule has 2 aromatic rings. The van der Waals surface area contributed by atoms with Gasteiger partial charge >= 0.3 is 0 Å². The van der Waals surface area contributed by atoms with Crippen molar-refractivity contribution in [3.63, 3.8) is 0 Å². The average Bonchev–Trinajstić information content (AvgIpc) is 3.30. The zero-order valence-corrected chi connectivity index (χ0v) is 21.9. The molecule has 1 aliphatic carbocycles. The number of carbonyl (C=O) groups is 1. The molecule has 0 spiro atoms. The van der Waals surface area contributed by atoms with Gasteiger partial charge in [0, 0.05) is 63.0 Å². The molecule has 1 aromatic carbocycles. The van der Waals surface area contributed by atoms with Crippen LogP contribution >= 0.6 is 0 Å². The fourth-order valence-corrected chi connectivity index (χ4v) is 6.01. The normalized spacial score (nSPS) is 27.3. The number of carbonyl (C=O) groups excluding carboxylic acids is 1. The third kappa shape index (κ3) is 6.49. The van der Waals surface area contributed by atoms with Gasteiger partial charge < -0.3 is 25.8 Å². The van der Waals surface area contributed by atoms with E-state index in [4.69, 9.17) is 10.5 Å². The Hall–Kier alpha value is -2.52. The molecule has 3 heterocycles. The molecule has 3 fully saturated rings. The molecule has 4 N–H and O–H groups in total. The molecule has 0 unspecified atom stereocenters. The fraction of sp³-hybridized carbons (Fsp3) is 0.586. The molecule has 2 atom stereocenters. The van der Waals surface area contributed by atoms with Crippen molar-refractivity contribution in [2.75, 3.05) is 58.2 Å². The van der Waals surface area contributed by atoms with Gasteiger partial charge in [-0.15, -0.1) is 0 Å². The van der Waals surface area contributed by atoms with Crippen LogP contribution in [-0.4, -0.2) is 90.4 Å². The van der Waals surface area contributed by atoms with Crippen LogP contribution in [0.15, 0.2) is 36.5 Å². The van der Waals surface area contributed by atoms with Crippen LogP contribution < -0.4 is 11.1 Å². The summed E-state index contributed by atoms with van der Waals surface area (Å²) in [6.07, 6.45) is 4.49. The molecular formula is C29H41N5O3. The number of rotatable bonds is 7. The Morgan fingerprint density at radius 3 is 2.49 bits per heavy atom. The van der Waals surface area contributed by atoms with E-state index >= 15 is 0 Å². The van der Waals surface area contributed by atoms with Crippen molar-refractivity contribution < 1.29 is 14.6 Å². The maximum Gasteiger partial charge on any atom is 0.255 e. The highest BCUT2D eigenvalue weighted by Crippen LogP contribution is 2.33. The predicted octanol–water partition coefficient (Wildman–Crippen LogP) is 2.73. The summed E-state index contributed by atoms with van der Waals surface area (Å²) in [6.45, 7) is 10.6. The number of aliphatic hydroxyl groups is 1. The quantitative estimate of drug-likeness (QED) is 0.529. The highest BCUT2D eigenvalue weighted by molar-refractivity contribution is 5.99. The van der Waals surface area contributed by atoms with Crippen molar-refractivity contribution >= 4 is 11.7 Å². The average molecular weight is 508 g/mol. The number of nitrogen functional groups attached to an aromatic ring is 1. The molecule has 0 bridgehead atoms. The Bertz CT molecular complexity index is 1050. The maximum absolute atomic E-state index is 12.9. The summed E-state index contributed by atoms with van der Waals surface area (Å²) < 4.78 is 5.47. The van der Waals surface area contributed by atoms with E-state index in [0.29, 0.717) is 17.4 Å². The number of anilines is 1. The lowest BCUT2D eigenvalue weighted by Gasteiger charge is -2.28. The smallest absolute Gasteiger partial charge is 0.255 e. The lowest BCUT2D eigenvalue weighted by Crippen LogP contribution is -2.41.